The van der Waals surface area contributed by atoms with Gasteiger partial charge in [0.25, 0.3) is 5.91 Å². The molecule has 0 spiro atoms. The molecule has 1 saturated heterocycles. The number of aryl methyl sites for hydroxylation is 1. The number of amides is 1. The Balaban J connectivity index is 1.58. The molecular formula is C18H22N4O. The number of benzene rings is 1. The molecule has 0 saturated carbocycles. The molecule has 0 radical (unpaired) electrons. The largest absolute Gasteiger partial charge is 0.399 e. The molecule has 120 valence electrons. The molecule has 0 unspecified atom stereocenters. The minimum absolute atomic E-state index is 0.0360. The molecule has 5 nitrogen and oxygen atoms in total. The maximum absolute atomic E-state index is 12.4. The fourth-order valence-electron chi connectivity index (χ4n) is 2.94. The van der Waals surface area contributed by atoms with Crippen LogP contribution < -0.4 is 16.0 Å². The zero-order chi connectivity index (χ0) is 16.2. The molecule has 0 atom stereocenters. The second-order valence-electron chi connectivity index (χ2n) is 6.00. The summed E-state index contributed by atoms with van der Waals surface area (Å²) in [5.74, 6) is 0.968. The van der Waals surface area contributed by atoms with Crippen LogP contribution in [0.2, 0.25) is 0 Å². The third-order valence-corrected chi connectivity index (χ3v) is 4.31. The van der Waals surface area contributed by atoms with Crippen LogP contribution in [0.5, 0.6) is 0 Å². The molecule has 1 aliphatic heterocycles. The fourth-order valence-corrected chi connectivity index (χ4v) is 2.94. The zero-order valence-corrected chi connectivity index (χ0v) is 13.3. The summed E-state index contributed by atoms with van der Waals surface area (Å²) >= 11 is 0. The number of nitrogens with zero attached hydrogens (tertiary/aromatic N) is 2. The van der Waals surface area contributed by atoms with Gasteiger partial charge in [0.2, 0.25) is 0 Å². The van der Waals surface area contributed by atoms with Gasteiger partial charge in [0.05, 0.1) is 0 Å². The quantitative estimate of drug-likeness (QED) is 0.854. The number of hydrogen-bond donors (Lipinski definition) is 2. The Morgan fingerprint density at radius 1 is 1.26 bits per heavy atom. The topological polar surface area (TPSA) is 71.2 Å². The Bertz CT molecular complexity index is 679. The summed E-state index contributed by atoms with van der Waals surface area (Å²) in [7, 11) is 0. The number of nitrogens with one attached hydrogen (secondary N) is 1. The molecule has 1 amide bonds. The van der Waals surface area contributed by atoms with E-state index in [4.69, 9.17) is 5.73 Å². The van der Waals surface area contributed by atoms with Gasteiger partial charge in [0.15, 0.2) is 0 Å². The zero-order valence-electron chi connectivity index (χ0n) is 13.3. The number of nitrogen functional groups attached to an aromatic ring is 1. The highest BCUT2D eigenvalue weighted by molar-refractivity contribution is 5.96. The Morgan fingerprint density at radius 2 is 2.04 bits per heavy atom. The van der Waals surface area contributed by atoms with Crippen molar-refractivity contribution >= 4 is 17.4 Å². The molecule has 2 heterocycles. The number of carbonyl (C=O) groups excluding carboxylic acids is 1. The number of piperidine rings is 1. The highest BCUT2D eigenvalue weighted by Crippen LogP contribution is 2.18. The van der Waals surface area contributed by atoms with E-state index in [2.05, 4.69) is 15.2 Å². The third-order valence-electron chi connectivity index (χ3n) is 4.31. The molecule has 5 heteroatoms. The molecular weight excluding hydrogens is 288 g/mol. The minimum atomic E-state index is -0.0360. The fraction of sp³-hybridized carbons (Fsp3) is 0.333. The highest BCUT2D eigenvalue weighted by atomic mass is 16.1. The lowest BCUT2D eigenvalue weighted by molar-refractivity contribution is 0.0930. The van der Waals surface area contributed by atoms with Gasteiger partial charge < -0.3 is 16.0 Å². The third kappa shape index (κ3) is 3.62. The lowest BCUT2D eigenvalue weighted by atomic mass is 10.0. The average molecular weight is 310 g/mol. The number of pyridine rings is 1. The number of rotatable bonds is 3. The van der Waals surface area contributed by atoms with Crippen molar-refractivity contribution < 1.29 is 4.79 Å². The van der Waals surface area contributed by atoms with Crippen LogP contribution in [0.4, 0.5) is 11.5 Å². The van der Waals surface area contributed by atoms with Crippen molar-refractivity contribution in [2.24, 2.45) is 0 Å². The Kier molecular flexibility index (Phi) is 4.46. The van der Waals surface area contributed by atoms with E-state index >= 15 is 0 Å². The second-order valence-corrected chi connectivity index (χ2v) is 6.00. The van der Waals surface area contributed by atoms with E-state index in [1.165, 1.54) is 0 Å². The van der Waals surface area contributed by atoms with Gasteiger partial charge in [-0.3, -0.25) is 4.79 Å². The number of nitrogens with two attached hydrogens (primary N) is 1. The van der Waals surface area contributed by atoms with E-state index < -0.39 is 0 Å². The smallest absolute Gasteiger partial charge is 0.251 e. The maximum Gasteiger partial charge on any atom is 0.251 e. The van der Waals surface area contributed by atoms with Gasteiger partial charge in [-0.2, -0.15) is 0 Å². The van der Waals surface area contributed by atoms with E-state index in [-0.39, 0.29) is 11.9 Å². The summed E-state index contributed by atoms with van der Waals surface area (Å²) in [5.41, 5.74) is 8.01. The first kappa shape index (κ1) is 15.3. The van der Waals surface area contributed by atoms with E-state index in [0.717, 1.165) is 37.3 Å². The maximum atomic E-state index is 12.4. The van der Waals surface area contributed by atoms with E-state index in [1.807, 2.05) is 43.5 Å². The molecule has 0 bridgehead atoms. The second kappa shape index (κ2) is 6.69. The van der Waals surface area contributed by atoms with Crippen molar-refractivity contribution in [2.45, 2.75) is 25.8 Å². The summed E-state index contributed by atoms with van der Waals surface area (Å²) in [6.07, 6.45) is 3.65. The van der Waals surface area contributed by atoms with Crippen molar-refractivity contribution in [1.82, 2.24) is 10.3 Å². The van der Waals surface area contributed by atoms with Crippen LogP contribution in [0.25, 0.3) is 0 Å². The van der Waals surface area contributed by atoms with Crippen molar-refractivity contribution in [3.8, 4) is 0 Å². The van der Waals surface area contributed by atoms with E-state index in [1.54, 1.807) is 6.07 Å². The van der Waals surface area contributed by atoms with Crippen LogP contribution in [0.1, 0.15) is 28.8 Å². The average Bonchev–Trinajstić information content (AvgIpc) is 2.58. The molecule has 0 aliphatic carbocycles. The van der Waals surface area contributed by atoms with Gasteiger partial charge >= 0.3 is 0 Å². The molecule has 1 aliphatic rings. The van der Waals surface area contributed by atoms with Crippen LogP contribution in [-0.2, 0) is 0 Å². The minimum Gasteiger partial charge on any atom is -0.399 e. The number of carbonyl (C=O) groups is 1. The normalized spacial score (nSPS) is 15.4. The van der Waals surface area contributed by atoms with Crippen LogP contribution in [0.15, 0.2) is 42.6 Å². The van der Waals surface area contributed by atoms with Gasteiger partial charge in [-0.05, 0) is 49.6 Å². The highest BCUT2D eigenvalue weighted by Gasteiger charge is 2.22. The SMILES string of the molecule is Cc1ccc(N)cc1C(=O)NC1CCN(c2ccccn2)CC1. The van der Waals surface area contributed by atoms with Crippen LogP contribution in [0, 0.1) is 6.92 Å². The number of hydrogen-bond acceptors (Lipinski definition) is 4. The van der Waals surface area contributed by atoms with E-state index in [9.17, 15) is 4.79 Å². The standard InChI is InChI=1S/C18H22N4O/c1-13-5-6-14(19)12-16(13)18(23)21-15-7-10-22(11-8-15)17-4-2-3-9-20-17/h2-6,9,12,15H,7-8,10-11,19H2,1H3,(H,21,23). The van der Waals surface area contributed by atoms with E-state index in [0.29, 0.717) is 11.3 Å². The summed E-state index contributed by atoms with van der Waals surface area (Å²) in [6.45, 7) is 3.73. The molecule has 3 N–H and O–H groups in total. The summed E-state index contributed by atoms with van der Waals surface area (Å²) in [6, 6.07) is 11.6. The summed E-state index contributed by atoms with van der Waals surface area (Å²) < 4.78 is 0. The molecule has 1 aromatic carbocycles. The predicted octanol–water partition coefficient (Wildman–Crippen LogP) is 2.37. The van der Waals surface area contributed by atoms with Gasteiger partial charge in [-0.25, -0.2) is 4.98 Å². The Labute approximate surface area is 136 Å². The summed E-state index contributed by atoms with van der Waals surface area (Å²) in [4.78, 5) is 19.1. The van der Waals surface area contributed by atoms with Crippen molar-refractivity contribution in [3.05, 3.63) is 53.7 Å². The van der Waals surface area contributed by atoms with Crippen LogP contribution in [-0.4, -0.2) is 30.0 Å². The van der Waals surface area contributed by atoms with Gasteiger partial charge in [-0.15, -0.1) is 0 Å². The summed E-state index contributed by atoms with van der Waals surface area (Å²) in [5, 5.41) is 3.13. The predicted molar refractivity (Wildman–Crippen MR) is 92.5 cm³/mol. The van der Waals surface area contributed by atoms with Crippen molar-refractivity contribution in [3.63, 3.8) is 0 Å². The monoisotopic (exact) mass is 310 g/mol. The molecule has 3 rings (SSSR count). The lowest BCUT2D eigenvalue weighted by Crippen LogP contribution is -2.45. The molecule has 23 heavy (non-hydrogen) atoms. The van der Waals surface area contributed by atoms with Crippen molar-refractivity contribution in [1.29, 1.82) is 0 Å². The number of aromatic nitrogens is 1. The molecule has 1 aromatic heterocycles. The van der Waals surface area contributed by atoms with Gasteiger partial charge in [0.1, 0.15) is 5.82 Å². The van der Waals surface area contributed by atoms with Crippen molar-refractivity contribution in [2.75, 3.05) is 23.7 Å². The molecule has 2 aromatic rings. The van der Waals surface area contributed by atoms with Gasteiger partial charge in [-0.1, -0.05) is 12.1 Å². The Hall–Kier alpha value is -2.56. The van der Waals surface area contributed by atoms with Crippen LogP contribution in [0.3, 0.4) is 0 Å². The van der Waals surface area contributed by atoms with Gasteiger partial charge in [0, 0.05) is 36.6 Å². The van der Waals surface area contributed by atoms with Crippen LogP contribution >= 0.6 is 0 Å². The molecule has 1 fully saturated rings. The number of anilines is 2. The first-order chi connectivity index (χ1) is 11.1. The Morgan fingerprint density at radius 3 is 2.74 bits per heavy atom. The lowest BCUT2D eigenvalue weighted by Gasteiger charge is -2.33. The first-order valence-corrected chi connectivity index (χ1v) is 7.96. The first-order valence-electron chi connectivity index (χ1n) is 7.96.